The molecule has 2 aromatic rings. The van der Waals surface area contributed by atoms with Crippen LogP contribution in [0, 0.1) is 0 Å². The van der Waals surface area contributed by atoms with Crippen LogP contribution in [0.3, 0.4) is 0 Å². The number of fused-ring (bicyclic) bond motifs is 1. The average molecular weight is 366 g/mol. The minimum absolute atomic E-state index is 0. The first kappa shape index (κ1) is 14.3. The number of halogens is 2. The number of aromatic nitrogens is 2. The van der Waals surface area contributed by atoms with Gasteiger partial charge in [0.15, 0.2) is 0 Å². The number of nitrogens with zero attached hydrogens (tertiary/aromatic N) is 2. The predicted octanol–water partition coefficient (Wildman–Crippen LogP) is 3.06. The van der Waals surface area contributed by atoms with E-state index in [1.54, 1.807) is 14.2 Å². The molecule has 0 unspecified atom stereocenters. The molecule has 0 N–H and O–H groups in total. The third-order valence-corrected chi connectivity index (χ3v) is 3.10. The normalized spacial score (nSPS) is 10.1. The molecule has 0 bridgehead atoms. The Morgan fingerprint density at radius 2 is 1.82 bits per heavy atom. The lowest BCUT2D eigenvalue weighted by atomic mass is 10.2. The van der Waals surface area contributed by atoms with Gasteiger partial charge in [0.2, 0.25) is 0 Å². The van der Waals surface area contributed by atoms with Gasteiger partial charge in [-0.25, -0.2) is 4.98 Å². The van der Waals surface area contributed by atoms with Crippen molar-refractivity contribution in [1.29, 1.82) is 0 Å². The van der Waals surface area contributed by atoms with Crippen molar-refractivity contribution >= 4 is 43.9 Å². The van der Waals surface area contributed by atoms with Gasteiger partial charge in [-0.05, 0) is 12.1 Å². The smallest absolute Gasteiger partial charge is 0.146 e. The van der Waals surface area contributed by atoms with Crippen LogP contribution in [-0.4, -0.2) is 23.8 Å². The summed E-state index contributed by atoms with van der Waals surface area (Å²) in [5.74, 6) is 2.51. The zero-order valence-corrected chi connectivity index (χ0v) is 13.2. The molecule has 6 heteroatoms. The van der Waals surface area contributed by atoms with E-state index in [1.807, 2.05) is 23.7 Å². The van der Waals surface area contributed by atoms with E-state index in [0.29, 0.717) is 5.33 Å². The molecule has 1 aromatic carbocycles. The van der Waals surface area contributed by atoms with E-state index in [1.165, 1.54) is 0 Å². The summed E-state index contributed by atoms with van der Waals surface area (Å²) in [6, 6.07) is 3.76. The number of imidazole rings is 1. The quantitative estimate of drug-likeness (QED) is 0.784. The standard InChI is InChI=1S/C11H13BrN2O2.BrH/c1-14-9(6-12)13-10-7(15-2)4-5-8(16-3)11(10)14;/h4-5H,6H2,1-3H3;1H. The molecule has 1 aromatic heterocycles. The maximum atomic E-state index is 5.33. The Bertz CT molecular complexity index is 526. The van der Waals surface area contributed by atoms with E-state index in [4.69, 9.17) is 9.47 Å². The molecule has 0 fully saturated rings. The van der Waals surface area contributed by atoms with E-state index in [2.05, 4.69) is 20.9 Å². The molecule has 0 aliphatic carbocycles. The first-order chi connectivity index (χ1) is 7.72. The van der Waals surface area contributed by atoms with Crippen LogP contribution in [-0.2, 0) is 12.4 Å². The highest BCUT2D eigenvalue weighted by Crippen LogP contribution is 2.33. The van der Waals surface area contributed by atoms with Crippen LogP contribution in [0.5, 0.6) is 11.5 Å². The number of rotatable bonds is 3. The SMILES string of the molecule is Br.COc1ccc(OC)c2c1nc(CBr)n2C. The second kappa shape index (κ2) is 5.73. The van der Waals surface area contributed by atoms with Gasteiger partial charge in [-0.1, -0.05) is 15.9 Å². The van der Waals surface area contributed by atoms with Crippen molar-refractivity contribution < 1.29 is 9.47 Å². The average Bonchev–Trinajstić information content (AvgIpc) is 2.66. The third kappa shape index (κ3) is 2.28. The molecule has 0 saturated carbocycles. The van der Waals surface area contributed by atoms with Crippen molar-refractivity contribution in [3.05, 3.63) is 18.0 Å². The molecule has 0 aliphatic heterocycles. The number of aryl methyl sites for hydroxylation is 1. The molecule has 4 nitrogen and oxygen atoms in total. The minimum atomic E-state index is 0. The first-order valence-corrected chi connectivity index (χ1v) is 5.97. The summed E-state index contributed by atoms with van der Waals surface area (Å²) in [7, 11) is 5.26. The first-order valence-electron chi connectivity index (χ1n) is 4.85. The van der Waals surface area contributed by atoms with E-state index in [-0.39, 0.29) is 17.0 Å². The van der Waals surface area contributed by atoms with Crippen molar-refractivity contribution in [2.45, 2.75) is 5.33 Å². The third-order valence-electron chi connectivity index (χ3n) is 2.60. The van der Waals surface area contributed by atoms with Crippen LogP contribution in [0.2, 0.25) is 0 Å². The highest BCUT2D eigenvalue weighted by atomic mass is 79.9. The van der Waals surface area contributed by atoms with Crippen LogP contribution in [0.4, 0.5) is 0 Å². The number of methoxy groups -OCH3 is 2. The number of hydrogen-bond donors (Lipinski definition) is 0. The summed E-state index contributed by atoms with van der Waals surface area (Å²) in [5, 5.41) is 0.699. The zero-order valence-electron chi connectivity index (χ0n) is 9.86. The summed E-state index contributed by atoms with van der Waals surface area (Å²) in [5.41, 5.74) is 1.79. The predicted molar refractivity (Wildman–Crippen MR) is 76.8 cm³/mol. The lowest BCUT2D eigenvalue weighted by molar-refractivity contribution is 0.409. The van der Waals surface area contributed by atoms with Gasteiger partial charge < -0.3 is 14.0 Å². The van der Waals surface area contributed by atoms with Gasteiger partial charge in [0.05, 0.1) is 19.5 Å². The Morgan fingerprint density at radius 1 is 1.24 bits per heavy atom. The van der Waals surface area contributed by atoms with Gasteiger partial charge >= 0.3 is 0 Å². The summed E-state index contributed by atoms with van der Waals surface area (Å²) in [6.07, 6.45) is 0. The largest absolute Gasteiger partial charge is 0.494 e. The Hall–Kier alpha value is -0.750. The molecular formula is C11H14Br2N2O2. The van der Waals surface area contributed by atoms with Crippen LogP contribution in [0.1, 0.15) is 5.82 Å². The maximum absolute atomic E-state index is 5.33. The van der Waals surface area contributed by atoms with Gasteiger partial charge in [0.25, 0.3) is 0 Å². The molecule has 0 atom stereocenters. The van der Waals surface area contributed by atoms with Crippen molar-refractivity contribution in [2.24, 2.45) is 7.05 Å². The van der Waals surface area contributed by atoms with Crippen LogP contribution >= 0.6 is 32.9 Å². The second-order valence-corrected chi connectivity index (χ2v) is 3.95. The monoisotopic (exact) mass is 364 g/mol. The Labute approximate surface area is 119 Å². The van der Waals surface area contributed by atoms with E-state index in [9.17, 15) is 0 Å². The van der Waals surface area contributed by atoms with Crippen LogP contribution in [0.15, 0.2) is 12.1 Å². The van der Waals surface area contributed by atoms with Crippen LogP contribution in [0.25, 0.3) is 11.0 Å². The van der Waals surface area contributed by atoms with Crippen molar-refractivity contribution in [2.75, 3.05) is 14.2 Å². The number of alkyl halides is 1. The lowest BCUT2D eigenvalue weighted by Gasteiger charge is -2.06. The van der Waals surface area contributed by atoms with Gasteiger partial charge in [-0.2, -0.15) is 0 Å². The Morgan fingerprint density at radius 3 is 2.35 bits per heavy atom. The highest BCUT2D eigenvalue weighted by molar-refractivity contribution is 9.08. The summed E-state index contributed by atoms with van der Waals surface area (Å²) in [4.78, 5) is 4.52. The fourth-order valence-corrected chi connectivity index (χ4v) is 2.26. The van der Waals surface area contributed by atoms with Crippen molar-refractivity contribution in [1.82, 2.24) is 9.55 Å². The van der Waals surface area contributed by atoms with E-state index >= 15 is 0 Å². The molecule has 1 heterocycles. The Balaban J connectivity index is 0.00000144. The molecule has 0 radical (unpaired) electrons. The van der Waals surface area contributed by atoms with Gasteiger partial charge in [-0.3, -0.25) is 0 Å². The molecule has 0 saturated heterocycles. The zero-order chi connectivity index (χ0) is 11.7. The maximum Gasteiger partial charge on any atom is 0.146 e. The topological polar surface area (TPSA) is 36.3 Å². The van der Waals surface area contributed by atoms with Crippen molar-refractivity contribution in [3.8, 4) is 11.5 Å². The molecule has 2 rings (SSSR count). The van der Waals surface area contributed by atoms with E-state index < -0.39 is 0 Å². The summed E-state index contributed by atoms with van der Waals surface area (Å²) < 4.78 is 12.6. The minimum Gasteiger partial charge on any atom is -0.494 e. The molecule has 0 amide bonds. The Kier molecular flexibility index (Phi) is 4.82. The summed E-state index contributed by atoms with van der Waals surface area (Å²) in [6.45, 7) is 0. The fraction of sp³-hybridized carbons (Fsp3) is 0.364. The van der Waals surface area contributed by atoms with Gasteiger partial charge in [0.1, 0.15) is 28.4 Å². The van der Waals surface area contributed by atoms with Gasteiger partial charge in [-0.15, -0.1) is 17.0 Å². The molecule has 0 spiro atoms. The fourth-order valence-electron chi connectivity index (χ4n) is 1.76. The van der Waals surface area contributed by atoms with Crippen LogP contribution < -0.4 is 9.47 Å². The number of ether oxygens (including phenoxy) is 2. The summed E-state index contributed by atoms with van der Waals surface area (Å²) >= 11 is 3.41. The molecular weight excluding hydrogens is 352 g/mol. The van der Waals surface area contributed by atoms with E-state index in [0.717, 1.165) is 28.4 Å². The second-order valence-electron chi connectivity index (χ2n) is 3.39. The molecule has 17 heavy (non-hydrogen) atoms. The molecule has 94 valence electrons. The van der Waals surface area contributed by atoms with Gasteiger partial charge in [0, 0.05) is 7.05 Å². The number of benzene rings is 1. The van der Waals surface area contributed by atoms with Crippen molar-refractivity contribution in [3.63, 3.8) is 0 Å². The number of hydrogen-bond acceptors (Lipinski definition) is 3. The lowest BCUT2D eigenvalue weighted by Crippen LogP contribution is -1.95. The molecule has 0 aliphatic rings. The highest BCUT2D eigenvalue weighted by Gasteiger charge is 2.15.